The van der Waals surface area contributed by atoms with Crippen molar-refractivity contribution in [3.8, 4) is 0 Å². The number of carboxylic acids is 1. The normalized spacial score (nSPS) is 10.8. The zero-order valence-corrected chi connectivity index (χ0v) is 8.69. The van der Waals surface area contributed by atoms with Gasteiger partial charge in [-0.15, -0.1) is 0 Å². The Balaban J connectivity index is 2.75. The number of carbonyl (C=O) groups is 1. The molecule has 15 heavy (non-hydrogen) atoms. The van der Waals surface area contributed by atoms with Gasteiger partial charge < -0.3 is 5.11 Å². The van der Waals surface area contributed by atoms with E-state index in [0.29, 0.717) is 17.6 Å². The molecule has 5 nitrogen and oxygen atoms in total. The summed E-state index contributed by atoms with van der Waals surface area (Å²) in [6.07, 6.45) is 2.78. The predicted molar refractivity (Wildman–Crippen MR) is 55.2 cm³/mol. The summed E-state index contributed by atoms with van der Waals surface area (Å²) in [6.45, 7) is 2.59. The summed E-state index contributed by atoms with van der Waals surface area (Å²) in [7, 11) is 0. The average molecular weight is 226 g/mol. The fraction of sp³-hybridized carbons (Fsp3) is 0.222. The van der Waals surface area contributed by atoms with Crippen LogP contribution in [0.15, 0.2) is 12.4 Å². The van der Waals surface area contributed by atoms with Gasteiger partial charge in [0.2, 0.25) is 0 Å². The van der Waals surface area contributed by atoms with E-state index in [-0.39, 0.29) is 10.6 Å². The van der Waals surface area contributed by atoms with Crippen LogP contribution >= 0.6 is 11.6 Å². The van der Waals surface area contributed by atoms with Gasteiger partial charge in [-0.1, -0.05) is 11.6 Å². The van der Waals surface area contributed by atoms with Gasteiger partial charge >= 0.3 is 5.97 Å². The maximum Gasteiger partial charge on any atom is 0.338 e. The third-order valence-electron chi connectivity index (χ3n) is 2.13. The molecule has 0 fully saturated rings. The molecule has 0 aromatic carbocycles. The van der Waals surface area contributed by atoms with Crippen LogP contribution in [-0.2, 0) is 6.54 Å². The number of aromatic nitrogens is 3. The van der Waals surface area contributed by atoms with Crippen molar-refractivity contribution in [1.82, 2.24) is 14.8 Å². The first-order chi connectivity index (χ1) is 7.15. The highest BCUT2D eigenvalue weighted by Gasteiger charge is 2.15. The molecule has 0 aliphatic rings. The summed E-state index contributed by atoms with van der Waals surface area (Å²) < 4.78 is 1.66. The Kier molecular flexibility index (Phi) is 2.32. The molecule has 2 rings (SSSR count). The van der Waals surface area contributed by atoms with Gasteiger partial charge in [0.25, 0.3) is 0 Å². The Labute approximate surface area is 90.3 Å². The molecule has 2 aromatic heterocycles. The summed E-state index contributed by atoms with van der Waals surface area (Å²) in [4.78, 5) is 14.8. The standard InChI is InChI=1S/C9H8ClN3O2/c1-2-13-8-5(4-12-13)7(10)6(3-11-8)9(14)15/h3-4H,2H2,1H3,(H,14,15). The van der Waals surface area contributed by atoms with Crippen molar-refractivity contribution in [1.29, 1.82) is 0 Å². The largest absolute Gasteiger partial charge is 0.478 e. The van der Waals surface area contributed by atoms with Crippen molar-refractivity contribution in [3.05, 3.63) is 23.0 Å². The highest BCUT2D eigenvalue weighted by atomic mass is 35.5. The van der Waals surface area contributed by atoms with Crippen LogP contribution in [0.4, 0.5) is 0 Å². The minimum Gasteiger partial charge on any atom is -0.478 e. The van der Waals surface area contributed by atoms with Crippen molar-refractivity contribution in [2.75, 3.05) is 0 Å². The number of hydrogen-bond donors (Lipinski definition) is 1. The zero-order chi connectivity index (χ0) is 11.0. The lowest BCUT2D eigenvalue weighted by Gasteiger charge is -2.00. The van der Waals surface area contributed by atoms with Gasteiger partial charge in [0.15, 0.2) is 5.65 Å². The number of pyridine rings is 1. The number of carboxylic acid groups (broad SMARTS) is 1. The highest BCUT2D eigenvalue weighted by molar-refractivity contribution is 6.37. The summed E-state index contributed by atoms with van der Waals surface area (Å²) in [6, 6.07) is 0. The Morgan fingerprint density at radius 3 is 2.93 bits per heavy atom. The minimum absolute atomic E-state index is 0.000167. The third kappa shape index (κ3) is 1.45. The van der Waals surface area contributed by atoms with Crippen LogP contribution in [0.25, 0.3) is 11.0 Å². The molecule has 1 N–H and O–H groups in total. The van der Waals surface area contributed by atoms with E-state index < -0.39 is 5.97 Å². The topological polar surface area (TPSA) is 68.0 Å². The SMILES string of the molecule is CCn1ncc2c(Cl)c(C(=O)O)cnc21. The van der Waals surface area contributed by atoms with Gasteiger partial charge in [0, 0.05) is 12.7 Å². The van der Waals surface area contributed by atoms with E-state index in [1.807, 2.05) is 6.92 Å². The highest BCUT2D eigenvalue weighted by Crippen LogP contribution is 2.25. The predicted octanol–water partition coefficient (Wildman–Crippen LogP) is 1.80. The quantitative estimate of drug-likeness (QED) is 0.846. The average Bonchev–Trinajstić information content (AvgIpc) is 2.61. The van der Waals surface area contributed by atoms with Crippen molar-refractivity contribution in [3.63, 3.8) is 0 Å². The van der Waals surface area contributed by atoms with Crippen molar-refractivity contribution < 1.29 is 9.90 Å². The van der Waals surface area contributed by atoms with Crippen molar-refractivity contribution >= 4 is 28.6 Å². The number of rotatable bonds is 2. The number of nitrogens with zero attached hydrogens (tertiary/aromatic N) is 3. The second kappa shape index (κ2) is 3.51. The molecule has 2 heterocycles. The zero-order valence-electron chi connectivity index (χ0n) is 7.94. The maximum atomic E-state index is 10.8. The van der Waals surface area contributed by atoms with Gasteiger partial charge in [0.05, 0.1) is 22.2 Å². The molecule has 0 unspecified atom stereocenters. The molecule has 0 spiro atoms. The van der Waals surface area contributed by atoms with Crippen LogP contribution in [0.1, 0.15) is 17.3 Å². The third-order valence-corrected chi connectivity index (χ3v) is 2.54. The fourth-order valence-corrected chi connectivity index (χ4v) is 1.64. The number of aromatic carboxylic acids is 1. The van der Waals surface area contributed by atoms with E-state index in [0.717, 1.165) is 0 Å². The van der Waals surface area contributed by atoms with Crippen LogP contribution in [0, 0.1) is 0 Å². The lowest BCUT2D eigenvalue weighted by molar-refractivity contribution is 0.0697. The molecule has 2 aromatic rings. The first-order valence-corrected chi connectivity index (χ1v) is 4.76. The van der Waals surface area contributed by atoms with Crippen LogP contribution in [0.3, 0.4) is 0 Å². The molecule has 0 bridgehead atoms. The minimum atomic E-state index is -1.08. The molecule has 0 aliphatic carbocycles. The van der Waals surface area contributed by atoms with Crippen LogP contribution in [-0.4, -0.2) is 25.8 Å². The second-order valence-corrected chi connectivity index (χ2v) is 3.37. The second-order valence-electron chi connectivity index (χ2n) is 2.99. The molecule has 6 heteroatoms. The van der Waals surface area contributed by atoms with Crippen LogP contribution < -0.4 is 0 Å². The monoisotopic (exact) mass is 225 g/mol. The van der Waals surface area contributed by atoms with Crippen LogP contribution in [0.5, 0.6) is 0 Å². The summed E-state index contributed by atoms with van der Waals surface area (Å²) in [5.74, 6) is -1.08. The van der Waals surface area contributed by atoms with E-state index in [2.05, 4.69) is 10.1 Å². The van der Waals surface area contributed by atoms with Crippen LogP contribution in [0.2, 0.25) is 5.02 Å². The first kappa shape index (κ1) is 9.92. The summed E-state index contributed by atoms with van der Waals surface area (Å²) in [5.41, 5.74) is 0.604. The molecule has 78 valence electrons. The number of hydrogen-bond acceptors (Lipinski definition) is 3. The maximum absolute atomic E-state index is 10.8. The first-order valence-electron chi connectivity index (χ1n) is 4.38. The van der Waals surface area contributed by atoms with Crippen molar-refractivity contribution in [2.24, 2.45) is 0 Å². The molecule has 0 saturated heterocycles. The van der Waals surface area contributed by atoms with Gasteiger partial charge in [-0.3, -0.25) is 0 Å². The molecular formula is C9H8ClN3O2. The van der Waals surface area contributed by atoms with Gasteiger partial charge in [-0.2, -0.15) is 5.10 Å². The Morgan fingerprint density at radius 2 is 2.33 bits per heavy atom. The summed E-state index contributed by atoms with van der Waals surface area (Å²) in [5, 5.41) is 13.6. The molecule has 0 atom stereocenters. The summed E-state index contributed by atoms with van der Waals surface area (Å²) >= 11 is 5.93. The smallest absolute Gasteiger partial charge is 0.338 e. The van der Waals surface area contributed by atoms with E-state index in [4.69, 9.17) is 16.7 Å². The van der Waals surface area contributed by atoms with E-state index >= 15 is 0 Å². The number of aryl methyl sites for hydroxylation is 1. The van der Waals surface area contributed by atoms with E-state index in [1.165, 1.54) is 12.4 Å². The molecule has 0 amide bonds. The Hall–Kier alpha value is -1.62. The molecule has 0 radical (unpaired) electrons. The number of fused-ring (bicyclic) bond motifs is 1. The molecule has 0 saturated carbocycles. The van der Waals surface area contributed by atoms with Gasteiger partial charge in [-0.05, 0) is 6.92 Å². The Bertz CT molecular complexity index is 535. The van der Waals surface area contributed by atoms with E-state index in [9.17, 15) is 4.79 Å². The van der Waals surface area contributed by atoms with Crippen molar-refractivity contribution in [2.45, 2.75) is 13.5 Å². The Morgan fingerprint density at radius 1 is 1.60 bits per heavy atom. The fourth-order valence-electron chi connectivity index (χ4n) is 1.38. The lowest BCUT2D eigenvalue weighted by atomic mass is 10.2. The number of halogens is 1. The van der Waals surface area contributed by atoms with Gasteiger partial charge in [0.1, 0.15) is 0 Å². The van der Waals surface area contributed by atoms with Gasteiger partial charge in [-0.25, -0.2) is 14.5 Å². The molecule has 0 aliphatic heterocycles. The lowest BCUT2D eigenvalue weighted by Crippen LogP contribution is -2.01. The molecular weight excluding hydrogens is 218 g/mol. The van der Waals surface area contributed by atoms with E-state index in [1.54, 1.807) is 4.68 Å².